The van der Waals surface area contributed by atoms with Crippen molar-refractivity contribution in [1.29, 1.82) is 0 Å². The van der Waals surface area contributed by atoms with Crippen LogP contribution in [0.25, 0.3) is 105 Å². The second-order valence-corrected chi connectivity index (χ2v) is 13.3. The molecule has 0 aliphatic rings. The normalized spacial score (nSPS) is 11.8. The zero-order valence-electron chi connectivity index (χ0n) is 28.0. The van der Waals surface area contributed by atoms with Crippen LogP contribution in [-0.2, 0) is 0 Å². The van der Waals surface area contributed by atoms with Crippen molar-refractivity contribution in [2.45, 2.75) is 0 Å². The van der Waals surface area contributed by atoms with Gasteiger partial charge in [0, 0.05) is 43.6 Å². The van der Waals surface area contributed by atoms with Crippen LogP contribution in [0.15, 0.2) is 180 Å². The number of furan rings is 1. The third kappa shape index (κ3) is 4.28. The standard InChI is InChI=1S/C48H29N3O/c1-3-14-30(15-4-1)41-29-42(31-16-5-2-6-17-31)50-48(49-41)51-46-33(32-26-27-37-36-20-11-12-25-43(36)52-44(37)28-32)23-13-24-40(46)45-38-21-9-7-18-34(38)35-19-8-10-22-39(35)47(45)51/h1-29H. The number of nitrogens with zero attached hydrogens (tertiary/aromatic N) is 3. The third-order valence-electron chi connectivity index (χ3n) is 10.4. The Kier molecular flexibility index (Phi) is 6.22. The van der Waals surface area contributed by atoms with Crippen LogP contribution >= 0.6 is 0 Å². The average Bonchev–Trinajstić information content (AvgIpc) is 3.78. The summed E-state index contributed by atoms with van der Waals surface area (Å²) >= 11 is 0. The Morgan fingerprint density at radius 3 is 1.63 bits per heavy atom. The molecule has 0 unspecified atom stereocenters. The summed E-state index contributed by atoms with van der Waals surface area (Å²) in [5.41, 5.74) is 9.85. The number of aromatic nitrogens is 3. The molecule has 11 aromatic rings. The van der Waals surface area contributed by atoms with Gasteiger partial charge >= 0.3 is 0 Å². The maximum Gasteiger partial charge on any atom is 0.235 e. The molecular weight excluding hydrogens is 635 g/mol. The van der Waals surface area contributed by atoms with Gasteiger partial charge in [-0.15, -0.1) is 0 Å². The molecule has 0 saturated heterocycles. The minimum Gasteiger partial charge on any atom is -0.456 e. The molecule has 4 nitrogen and oxygen atoms in total. The van der Waals surface area contributed by atoms with E-state index in [1.54, 1.807) is 0 Å². The first-order valence-corrected chi connectivity index (χ1v) is 17.6. The van der Waals surface area contributed by atoms with Crippen LogP contribution in [0.4, 0.5) is 0 Å². The van der Waals surface area contributed by atoms with E-state index in [0.717, 1.165) is 77.4 Å². The van der Waals surface area contributed by atoms with Crippen molar-refractivity contribution in [1.82, 2.24) is 14.5 Å². The van der Waals surface area contributed by atoms with Crippen LogP contribution in [0.2, 0.25) is 0 Å². The van der Waals surface area contributed by atoms with Crippen molar-refractivity contribution in [2.75, 3.05) is 0 Å². The number of hydrogen-bond donors (Lipinski definition) is 0. The van der Waals surface area contributed by atoms with Crippen molar-refractivity contribution in [3.8, 4) is 39.6 Å². The second kappa shape index (κ2) is 11.2. The van der Waals surface area contributed by atoms with Gasteiger partial charge in [-0.05, 0) is 46.0 Å². The minimum absolute atomic E-state index is 0.623. The summed E-state index contributed by atoms with van der Waals surface area (Å²) in [5, 5.41) is 9.34. The van der Waals surface area contributed by atoms with Gasteiger partial charge < -0.3 is 4.42 Å². The van der Waals surface area contributed by atoms with E-state index in [0.29, 0.717) is 5.95 Å². The first-order valence-electron chi connectivity index (χ1n) is 17.6. The van der Waals surface area contributed by atoms with Crippen LogP contribution in [0.3, 0.4) is 0 Å². The molecule has 0 spiro atoms. The van der Waals surface area contributed by atoms with E-state index in [4.69, 9.17) is 14.4 Å². The number of fused-ring (bicyclic) bond motifs is 11. The fourth-order valence-electron chi connectivity index (χ4n) is 8.10. The number of rotatable bonds is 4. The van der Waals surface area contributed by atoms with E-state index < -0.39 is 0 Å². The molecule has 242 valence electrons. The SMILES string of the molecule is c1ccc(-c2cc(-c3ccccc3)nc(-n3c4c(-c5ccc6c(c5)oc5ccccc56)cccc4c4c5ccccc5c5ccccc5c43)n2)cc1. The summed E-state index contributed by atoms with van der Waals surface area (Å²) in [7, 11) is 0. The molecular formula is C48H29N3O. The molecule has 0 atom stereocenters. The van der Waals surface area contributed by atoms with Gasteiger partial charge in [-0.25, -0.2) is 9.97 Å². The van der Waals surface area contributed by atoms with Gasteiger partial charge in [0.05, 0.1) is 22.4 Å². The molecule has 0 amide bonds. The monoisotopic (exact) mass is 663 g/mol. The molecule has 3 aromatic heterocycles. The van der Waals surface area contributed by atoms with Crippen LogP contribution < -0.4 is 0 Å². The average molecular weight is 664 g/mol. The quantitative estimate of drug-likeness (QED) is 0.176. The lowest BCUT2D eigenvalue weighted by molar-refractivity contribution is 0.669. The molecule has 0 N–H and O–H groups in total. The Hall–Kier alpha value is -7.04. The van der Waals surface area contributed by atoms with Crippen molar-refractivity contribution in [3.05, 3.63) is 176 Å². The molecule has 8 aromatic carbocycles. The molecule has 3 heterocycles. The Bertz CT molecular complexity index is 3120. The molecule has 0 aliphatic heterocycles. The van der Waals surface area contributed by atoms with Crippen molar-refractivity contribution < 1.29 is 4.42 Å². The van der Waals surface area contributed by atoms with E-state index in [9.17, 15) is 0 Å². The molecule has 0 bridgehead atoms. The van der Waals surface area contributed by atoms with E-state index in [2.05, 4.69) is 156 Å². The van der Waals surface area contributed by atoms with Crippen LogP contribution in [-0.4, -0.2) is 14.5 Å². The third-order valence-corrected chi connectivity index (χ3v) is 10.4. The van der Waals surface area contributed by atoms with Gasteiger partial charge in [0.25, 0.3) is 0 Å². The predicted octanol–water partition coefficient (Wildman–Crippen LogP) is 12.8. The van der Waals surface area contributed by atoms with Crippen LogP contribution in [0.1, 0.15) is 0 Å². The summed E-state index contributed by atoms with van der Waals surface area (Å²) in [6.45, 7) is 0. The Morgan fingerprint density at radius 1 is 0.365 bits per heavy atom. The Morgan fingerprint density at radius 2 is 0.923 bits per heavy atom. The molecule has 4 heteroatoms. The lowest BCUT2D eigenvalue weighted by Gasteiger charge is -2.15. The fraction of sp³-hybridized carbons (Fsp3) is 0. The largest absolute Gasteiger partial charge is 0.456 e. The van der Waals surface area contributed by atoms with E-state index >= 15 is 0 Å². The highest BCUT2D eigenvalue weighted by Gasteiger charge is 2.24. The predicted molar refractivity (Wildman–Crippen MR) is 215 cm³/mol. The first kappa shape index (κ1) is 28.8. The summed E-state index contributed by atoms with van der Waals surface area (Å²) in [4.78, 5) is 10.8. The molecule has 0 radical (unpaired) electrons. The number of hydrogen-bond acceptors (Lipinski definition) is 3. The highest BCUT2D eigenvalue weighted by molar-refractivity contribution is 6.33. The van der Waals surface area contributed by atoms with Gasteiger partial charge in [0.1, 0.15) is 11.2 Å². The van der Waals surface area contributed by atoms with Gasteiger partial charge in [-0.3, -0.25) is 4.57 Å². The van der Waals surface area contributed by atoms with E-state index in [1.165, 1.54) is 21.5 Å². The lowest BCUT2D eigenvalue weighted by atomic mass is 9.96. The van der Waals surface area contributed by atoms with Crippen molar-refractivity contribution in [2.24, 2.45) is 0 Å². The fourth-order valence-corrected chi connectivity index (χ4v) is 8.10. The molecule has 0 fully saturated rings. The van der Waals surface area contributed by atoms with Gasteiger partial charge in [0.15, 0.2) is 0 Å². The summed E-state index contributed by atoms with van der Waals surface area (Å²) in [6, 6.07) is 61.8. The first-order chi connectivity index (χ1) is 25.8. The number of para-hydroxylation sites is 2. The maximum absolute atomic E-state index is 6.41. The zero-order chi connectivity index (χ0) is 34.2. The highest BCUT2D eigenvalue weighted by Crippen LogP contribution is 2.45. The van der Waals surface area contributed by atoms with Gasteiger partial charge in [-0.1, -0.05) is 152 Å². The summed E-state index contributed by atoms with van der Waals surface area (Å²) in [5.74, 6) is 0.623. The topological polar surface area (TPSA) is 43.9 Å². The summed E-state index contributed by atoms with van der Waals surface area (Å²) < 4.78 is 8.73. The maximum atomic E-state index is 6.41. The Labute approximate surface area is 298 Å². The molecule has 0 aliphatic carbocycles. The van der Waals surface area contributed by atoms with Crippen LogP contribution in [0, 0.1) is 0 Å². The van der Waals surface area contributed by atoms with Gasteiger partial charge in [-0.2, -0.15) is 0 Å². The van der Waals surface area contributed by atoms with E-state index in [1.807, 2.05) is 24.3 Å². The minimum atomic E-state index is 0.623. The molecule has 0 saturated carbocycles. The molecule has 52 heavy (non-hydrogen) atoms. The number of benzene rings is 8. The smallest absolute Gasteiger partial charge is 0.235 e. The van der Waals surface area contributed by atoms with Crippen molar-refractivity contribution in [3.63, 3.8) is 0 Å². The highest BCUT2D eigenvalue weighted by atomic mass is 16.3. The summed E-state index contributed by atoms with van der Waals surface area (Å²) in [6.07, 6.45) is 0. The Balaban J connectivity index is 1.32. The van der Waals surface area contributed by atoms with E-state index in [-0.39, 0.29) is 0 Å². The zero-order valence-corrected chi connectivity index (χ0v) is 28.0. The van der Waals surface area contributed by atoms with Crippen molar-refractivity contribution >= 4 is 65.3 Å². The lowest BCUT2D eigenvalue weighted by Crippen LogP contribution is -2.05. The second-order valence-electron chi connectivity index (χ2n) is 13.3. The van der Waals surface area contributed by atoms with Crippen LogP contribution in [0.5, 0.6) is 0 Å². The van der Waals surface area contributed by atoms with Gasteiger partial charge in [0.2, 0.25) is 5.95 Å². The molecule has 11 rings (SSSR count).